The normalized spacial score (nSPS) is 10.4. The van der Waals surface area contributed by atoms with E-state index in [2.05, 4.69) is 10.5 Å². The Kier molecular flexibility index (Phi) is 8.06. The monoisotopic (exact) mass is 405 g/mol. The molecule has 0 aliphatic carbocycles. The highest BCUT2D eigenvalue weighted by molar-refractivity contribution is 8.00. The number of nitrogens with one attached hydrogen (secondary N) is 1. The molecule has 1 aromatic carbocycles. The average molecular weight is 405 g/mol. The van der Waals surface area contributed by atoms with Crippen LogP contribution in [0.2, 0.25) is 0 Å². The third-order valence-electron chi connectivity index (χ3n) is 3.67. The Balaban J connectivity index is 1.62. The minimum atomic E-state index is -0.549. The largest absolute Gasteiger partial charge is 0.455 e. The number of thioether (sulfide) groups is 1. The molecule has 1 N–H and O–H groups in total. The maximum absolute atomic E-state index is 12.1. The van der Waals surface area contributed by atoms with E-state index in [1.165, 1.54) is 4.90 Å². The summed E-state index contributed by atoms with van der Waals surface area (Å²) in [5, 5.41) is 6.20. The van der Waals surface area contributed by atoms with Crippen molar-refractivity contribution >= 4 is 35.4 Å². The smallest absolute Gasteiger partial charge is 0.316 e. The van der Waals surface area contributed by atoms with Crippen LogP contribution in [0, 0.1) is 13.8 Å². The molecule has 1 aromatic heterocycles. The highest BCUT2D eigenvalue weighted by Crippen LogP contribution is 2.09. The van der Waals surface area contributed by atoms with Crippen molar-refractivity contribution in [1.29, 1.82) is 0 Å². The summed E-state index contributed by atoms with van der Waals surface area (Å²) in [4.78, 5) is 37.0. The fourth-order valence-electron chi connectivity index (χ4n) is 2.18. The maximum Gasteiger partial charge on any atom is 0.316 e. The first-order valence-electron chi connectivity index (χ1n) is 8.59. The Morgan fingerprint density at radius 3 is 2.54 bits per heavy atom. The van der Waals surface area contributed by atoms with Crippen LogP contribution in [0.4, 0.5) is 5.82 Å². The van der Waals surface area contributed by atoms with Crippen LogP contribution >= 0.6 is 11.8 Å². The first-order valence-corrected chi connectivity index (χ1v) is 9.75. The number of likely N-dealkylation sites (N-methyl/N-ethyl adjacent to an activating group) is 1. The number of carbonyl (C=O) groups is 3. The fraction of sp³-hybridized carbons (Fsp3) is 0.368. The van der Waals surface area contributed by atoms with Gasteiger partial charge in [-0.3, -0.25) is 14.4 Å². The Hall–Kier alpha value is -2.81. The molecule has 0 bridgehead atoms. The Morgan fingerprint density at radius 2 is 1.89 bits per heavy atom. The lowest BCUT2D eigenvalue weighted by Crippen LogP contribution is -2.31. The van der Waals surface area contributed by atoms with E-state index in [4.69, 9.17) is 9.26 Å². The molecular weight excluding hydrogens is 382 g/mol. The summed E-state index contributed by atoms with van der Waals surface area (Å²) in [7, 11) is 1.65. The Morgan fingerprint density at radius 1 is 1.18 bits per heavy atom. The van der Waals surface area contributed by atoms with E-state index < -0.39 is 5.97 Å². The number of hydrogen-bond donors (Lipinski definition) is 1. The molecule has 2 rings (SSSR count). The van der Waals surface area contributed by atoms with Gasteiger partial charge >= 0.3 is 5.97 Å². The topological polar surface area (TPSA) is 102 Å². The van der Waals surface area contributed by atoms with Gasteiger partial charge in [-0.1, -0.05) is 35.0 Å². The molecule has 9 heteroatoms. The molecule has 0 fully saturated rings. The van der Waals surface area contributed by atoms with Gasteiger partial charge in [-0.2, -0.15) is 0 Å². The first kappa shape index (κ1) is 21.5. The number of carbonyl (C=O) groups excluding carboxylic acids is 3. The van der Waals surface area contributed by atoms with E-state index in [9.17, 15) is 14.4 Å². The fourth-order valence-corrected chi connectivity index (χ4v) is 2.79. The van der Waals surface area contributed by atoms with Crippen LogP contribution < -0.4 is 5.32 Å². The standard InChI is InChI=1S/C19H23N3O5S/c1-13-4-6-15(7-5-13)9-22(3)18(24)10-26-19(25)12-28-11-17(23)20-16-8-14(2)27-21-16/h4-8H,9-12H2,1-3H3,(H,20,21,23). The predicted molar refractivity (Wildman–Crippen MR) is 106 cm³/mol. The van der Waals surface area contributed by atoms with Crippen molar-refractivity contribution in [2.24, 2.45) is 0 Å². The lowest BCUT2D eigenvalue weighted by atomic mass is 10.1. The van der Waals surface area contributed by atoms with Crippen molar-refractivity contribution in [2.75, 3.05) is 30.5 Å². The van der Waals surface area contributed by atoms with Crippen LogP contribution in [0.5, 0.6) is 0 Å². The molecule has 0 radical (unpaired) electrons. The number of ether oxygens (including phenoxy) is 1. The summed E-state index contributed by atoms with van der Waals surface area (Å²) in [6.45, 7) is 3.82. The van der Waals surface area contributed by atoms with Gasteiger partial charge in [-0.05, 0) is 19.4 Å². The van der Waals surface area contributed by atoms with Crippen LogP contribution in [-0.2, 0) is 25.7 Å². The molecular formula is C19H23N3O5S. The van der Waals surface area contributed by atoms with Gasteiger partial charge < -0.3 is 19.5 Å². The summed E-state index contributed by atoms with van der Waals surface area (Å²) in [6, 6.07) is 9.45. The molecule has 0 saturated carbocycles. The van der Waals surface area contributed by atoms with Gasteiger partial charge in [0.2, 0.25) is 5.91 Å². The highest BCUT2D eigenvalue weighted by Gasteiger charge is 2.13. The van der Waals surface area contributed by atoms with Crippen LogP contribution in [0.15, 0.2) is 34.9 Å². The zero-order valence-corrected chi connectivity index (χ0v) is 16.9. The lowest BCUT2D eigenvalue weighted by molar-refractivity contribution is -0.149. The molecule has 28 heavy (non-hydrogen) atoms. The molecule has 0 aliphatic heterocycles. The molecule has 2 amide bonds. The Bertz CT molecular complexity index is 819. The van der Waals surface area contributed by atoms with Crippen LogP contribution in [-0.4, -0.2) is 53.0 Å². The Labute approximate surface area is 167 Å². The molecule has 0 aliphatic rings. The predicted octanol–water partition coefficient (Wildman–Crippen LogP) is 2.16. The third-order valence-corrected chi connectivity index (χ3v) is 4.58. The summed E-state index contributed by atoms with van der Waals surface area (Å²) in [5.41, 5.74) is 2.14. The van der Waals surface area contributed by atoms with Gasteiger partial charge in [-0.15, -0.1) is 11.8 Å². The number of anilines is 1. The van der Waals surface area contributed by atoms with Crippen LogP contribution in [0.3, 0.4) is 0 Å². The van der Waals surface area contributed by atoms with Crippen molar-refractivity contribution in [3.8, 4) is 0 Å². The summed E-state index contributed by atoms with van der Waals surface area (Å²) >= 11 is 1.09. The van der Waals surface area contributed by atoms with E-state index in [0.717, 1.165) is 22.9 Å². The van der Waals surface area contributed by atoms with E-state index >= 15 is 0 Å². The summed E-state index contributed by atoms with van der Waals surface area (Å²) in [6.07, 6.45) is 0. The van der Waals surface area contributed by atoms with E-state index in [0.29, 0.717) is 18.1 Å². The van der Waals surface area contributed by atoms with Crippen molar-refractivity contribution in [3.63, 3.8) is 0 Å². The third kappa shape index (κ3) is 7.43. The molecule has 0 atom stereocenters. The number of amides is 2. The maximum atomic E-state index is 12.1. The van der Waals surface area contributed by atoms with E-state index in [1.54, 1.807) is 20.0 Å². The van der Waals surface area contributed by atoms with Crippen molar-refractivity contribution in [2.45, 2.75) is 20.4 Å². The van der Waals surface area contributed by atoms with Gasteiger partial charge in [0.1, 0.15) is 5.76 Å². The van der Waals surface area contributed by atoms with Crippen molar-refractivity contribution in [3.05, 3.63) is 47.2 Å². The average Bonchev–Trinajstić information content (AvgIpc) is 3.06. The number of hydrogen-bond acceptors (Lipinski definition) is 7. The zero-order valence-electron chi connectivity index (χ0n) is 16.1. The number of nitrogens with zero attached hydrogens (tertiary/aromatic N) is 2. The number of rotatable bonds is 9. The SMILES string of the molecule is Cc1ccc(CN(C)C(=O)COC(=O)CSCC(=O)Nc2cc(C)on2)cc1. The van der Waals surface area contributed by atoms with Gasteiger partial charge in [0.15, 0.2) is 12.4 Å². The van der Waals surface area contributed by atoms with Crippen LogP contribution in [0.1, 0.15) is 16.9 Å². The second kappa shape index (κ2) is 10.5. The zero-order chi connectivity index (χ0) is 20.5. The second-order valence-electron chi connectivity index (χ2n) is 6.26. The van der Waals surface area contributed by atoms with Gasteiger partial charge in [0.05, 0.1) is 11.5 Å². The van der Waals surface area contributed by atoms with Crippen LogP contribution in [0.25, 0.3) is 0 Å². The minimum absolute atomic E-state index is 0.0276. The minimum Gasteiger partial charge on any atom is -0.455 e. The highest BCUT2D eigenvalue weighted by atomic mass is 32.2. The molecule has 0 saturated heterocycles. The lowest BCUT2D eigenvalue weighted by Gasteiger charge is -2.17. The molecule has 8 nitrogen and oxygen atoms in total. The molecule has 0 spiro atoms. The van der Waals surface area contributed by atoms with Gasteiger partial charge in [-0.25, -0.2) is 0 Å². The molecule has 2 aromatic rings. The molecule has 1 heterocycles. The molecule has 150 valence electrons. The number of esters is 1. The van der Waals surface area contributed by atoms with E-state index in [-0.39, 0.29) is 29.9 Å². The second-order valence-corrected chi connectivity index (χ2v) is 7.25. The quantitative estimate of drug-likeness (QED) is 0.638. The number of benzene rings is 1. The first-order chi connectivity index (χ1) is 13.3. The van der Waals surface area contributed by atoms with E-state index in [1.807, 2.05) is 31.2 Å². The number of aryl methyl sites for hydroxylation is 2. The van der Waals surface area contributed by atoms with Crippen molar-refractivity contribution in [1.82, 2.24) is 10.1 Å². The number of aromatic nitrogens is 1. The van der Waals surface area contributed by atoms with Gasteiger partial charge in [0, 0.05) is 19.7 Å². The molecule has 0 unspecified atom stereocenters. The van der Waals surface area contributed by atoms with Gasteiger partial charge in [0.25, 0.3) is 5.91 Å². The summed E-state index contributed by atoms with van der Waals surface area (Å²) < 4.78 is 9.82. The summed E-state index contributed by atoms with van der Waals surface area (Å²) in [5.74, 6) is -0.204. The van der Waals surface area contributed by atoms with Crippen molar-refractivity contribution < 1.29 is 23.6 Å².